The number of benzene rings is 1. The van der Waals surface area contributed by atoms with Crippen LogP contribution in [-0.2, 0) is 0 Å². The molecule has 0 unspecified atom stereocenters. The molecule has 0 amide bonds. The highest BCUT2D eigenvalue weighted by Gasteiger charge is 2.15. The molecule has 0 spiro atoms. The van der Waals surface area contributed by atoms with Crippen LogP contribution in [-0.4, -0.2) is 24.1 Å². The SMILES string of the molecule is O=c1ccn(-c2nn3cc(-c4ccc(Cl)cc4)nc3s2)cc1[N+](=O)[O-]. The Morgan fingerprint density at radius 1 is 1.16 bits per heavy atom. The minimum Gasteiger partial charge on any atom is -0.291 e. The molecule has 0 radical (unpaired) electrons. The number of rotatable bonds is 3. The number of nitrogens with zero attached hydrogens (tertiary/aromatic N) is 5. The highest BCUT2D eigenvalue weighted by Crippen LogP contribution is 2.25. The molecule has 4 aromatic rings. The van der Waals surface area contributed by atoms with Gasteiger partial charge < -0.3 is 0 Å². The fraction of sp³-hybridized carbons (Fsp3) is 0. The van der Waals surface area contributed by atoms with Gasteiger partial charge in [0.05, 0.1) is 23.0 Å². The van der Waals surface area contributed by atoms with Crippen LogP contribution < -0.4 is 5.43 Å². The molecule has 10 heteroatoms. The first-order valence-electron chi connectivity index (χ1n) is 7.00. The van der Waals surface area contributed by atoms with Gasteiger partial charge in [0, 0.05) is 22.8 Å². The van der Waals surface area contributed by atoms with Crippen molar-refractivity contribution in [2.75, 3.05) is 0 Å². The largest absolute Gasteiger partial charge is 0.332 e. The maximum Gasteiger partial charge on any atom is 0.332 e. The summed E-state index contributed by atoms with van der Waals surface area (Å²) in [5.74, 6) is 0. The van der Waals surface area contributed by atoms with Gasteiger partial charge in [-0.1, -0.05) is 35.1 Å². The van der Waals surface area contributed by atoms with Crippen molar-refractivity contribution in [3.63, 3.8) is 0 Å². The summed E-state index contributed by atoms with van der Waals surface area (Å²) in [6.07, 6.45) is 4.35. The molecule has 0 atom stereocenters. The molecule has 4 rings (SSSR count). The zero-order valence-electron chi connectivity index (χ0n) is 12.4. The number of halogens is 1. The van der Waals surface area contributed by atoms with Crippen LogP contribution in [0.4, 0.5) is 5.69 Å². The number of aromatic nitrogens is 4. The first-order chi connectivity index (χ1) is 12.0. The van der Waals surface area contributed by atoms with Crippen LogP contribution in [0.2, 0.25) is 5.02 Å². The molecule has 3 heterocycles. The summed E-state index contributed by atoms with van der Waals surface area (Å²) in [4.78, 5) is 26.8. The van der Waals surface area contributed by atoms with Crippen molar-refractivity contribution >= 4 is 33.6 Å². The fourth-order valence-electron chi connectivity index (χ4n) is 2.28. The highest BCUT2D eigenvalue weighted by molar-refractivity contribution is 7.19. The Bertz CT molecular complexity index is 1130. The van der Waals surface area contributed by atoms with E-state index in [1.165, 1.54) is 22.1 Å². The fourth-order valence-corrected chi connectivity index (χ4v) is 3.25. The van der Waals surface area contributed by atoms with Crippen LogP contribution in [0.1, 0.15) is 0 Å². The Hall–Kier alpha value is -3.04. The van der Waals surface area contributed by atoms with Crippen molar-refractivity contribution in [3.8, 4) is 16.4 Å². The maximum absolute atomic E-state index is 11.5. The first kappa shape index (κ1) is 15.5. The molecule has 0 saturated heterocycles. The number of hydrogen-bond acceptors (Lipinski definition) is 6. The topological polar surface area (TPSA) is 95.3 Å². The molecular weight excluding hydrogens is 366 g/mol. The highest BCUT2D eigenvalue weighted by atomic mass is 35.5. The Labute approximate surface area is 148 Å². The maximum atomic E-state index is 11.5. The first-order valence-corrected chi connectivity index (χ1v) is 8.20. The van der Waals surface area contributed by atoms with E-state index >= 15 is 0 Å². The Morgan fingerprint density at radius 2 is 1.92 bits per heavy atom. The van der Waals surface area contributed by atoms with Gasteiger partial charge in [0.2, 0.25) is 10.1 Å². The molecule has 8 nitrogen and oxygen atoms in total. The van der Waals surface area contributed by atoms with E-state index in [2.05, 4.69) is 10.1 Å². The van der Waals surface area contributed by atoms with Crippen LogP contribution in [0.15, 0.2) is 53.7 Å². The summed E-state index contributed by atoms with van der Waals surface area (Å²) in [5, 5.41) is 16.4. The van der Waals surface area contributed by atoms with Crippen molar-refractivity contribution in [1.29, 1.82) is 0 Å². The molecule has 1 aromatic carbocycles. The van der Waals surface area contributed by atoms with Gasteiger partial charge in [-0.3, -0.25) is 19.5 Å². The summed E-state index contributed by atoms with van der Waals surface area (Å²) < 4.78 is 3.02. The van der Waals surface area contributed by atoms with E-state index < -0.39 is 16.0 Å². The van der Waals surface area contributed by atoms with E-state index in [9.17, 15) is 14.9 Å². The van der Waals surface area contributed by atoms with E-state index in [0.29, 0.717) is 15.1 Å². The number of fused-ring (bicyclic) bond motifs is 1. The number of pyridine rings is 1. The third-order valence-electron chi connectivity index (χ3n) is 3.49. The Kier molecular flexibility index (Phi) is 3.59. The van der Waals surface area contributed by atoms with Gasteiger partial charge in [0.25, 0.3) is 5.43 Å². The normalized spacial score (nSPS) is 11.1. The minimum absolute atomic E-state index is 0.466. The van der Waals surface area contributed by atoms with Crippen molar-refractivity contribution in [2.45, 2.75) is 0 Å². The number of imidazole rings is 1. The summed E-state index contributed by atoms with van der Waals surface area (Å²) in [7, 11) is 0. The van der Waals surface area contributed by atoms with E-state index in [1.807, 2.05) is 12.1 Å². The lowest BCUT2D eigenvalue weighted by Gasteiger charge is -1.99. The summed E-state index contributed by atoms with van der Waals surface area (Å²) >= 11 is 7.13. The zero-order valence-corrected chi connectivity index (χ0v) is 13.9. The lowest BCUT2D eigenvalue weighted by Crippen LogP contribution is -2.10. The van der Waals surface area contributed by atoms with Gasteiger partial charge in [-0.2, -0.15) is 0 Å². The average molecular weight is 374 g/mol. The standard InChI is InChI=1S/C15H8ClN5O3S/c16-10-3-1-9(2-4-10)11-7-20-14(17-11)25-15(18-20)19-6-5-13(22)12(8-19)21(23)24/h1-8H. The lowest BCUT2D eigenvalue weighted by molar-refractivity contribution is -0.386. The molecule has 25 heavy (non-hydrogen) atoms. The predicted molar refractivity (Wildman–Crippen MR) is 93.6 cm³/mol. The second kappa shape index (κ2) is 5.80. The minimum atomic E-state index is -0.712. The number of nitro groups is 1. The third-order valence-corrected chi connectivity index (χ3v) is 4.68. The van der Waals surface area contributed by atoms with Crippen LogP contribution in [0.5, 0.6) is 0 Å². The van der Waals surface area contributed by atoms with Gasteiger partial charge in [0.15, 0.2) is 0 Å². The van der Waals surface area contributed by atoms with Crippen LogP contribution >= 0.6 is 22.9 Å². The molecule has 3 aromatic heterocycles. The molecule has 0 aliphatic rings. The van der Waals surface area contributed by atoms with E-state index in [-0.39, 0.29) is 0 Å². The van der Waals surface area contributed by atoms with E-state index in [1.54, 1.807) is 22.8 Å². The van der Waals surface area contributed by atoms with E-state index in [0.717, 1.165) is 23.5 Å². The molecule has 0 bridgehead atoms. The van der Waals surface area contributed by atoms with Crippen LogP contribution in [0.25, 0.3) is 21.3 Å². The van der Waals surface area contributed by atoms with Crippen molar-refractivity contribution in [2.24, 2.45) is 0 Å². The van der Waals surface area contributed by atoms with E-state index in [4.69, 9.17) is 11.6 Å². The molecule has 0 fully saturated rings. The molecule has 0 aliphatic carbocycles. The average Bonchev–Trinajstić information content (AvgIpc) is 3.14. The molecule has 0 aliphatic heterocycles. The van der Waals surface area contributed by atoms with Crippen molar-refractivity contribution in [3.05, 3.63) is 74.3 Å². The van der Waals surface area contributed by atoms with Crippen molar-refractivity contribution in [1.82, 2.24) is 19.2 Å². The van der Waals surface area contributed by atoms with Gasteiger partial charge in [-0.25, -0.2) is 9.50 Å². The second-order valence-electron chi connectivity index (χ2n) is 5.10. The third kappa shape index (κ3) is 2.79. The van der Waals surface area contributed by atoms with Gasteiger partial charge in [-0.05, 0) is 12.1 Å². The molecule has 0 saturated carbocycles. The van der Waals surface area contributed by atoms with Gasteiger partial charge in [-0.15, -0.1) is 5.10 Å². The summed E-state index contributed by atoms with van der Waals surface area (Å²) in [6.45, 7) is 0. The van der Waals surface area contributed by atoms with Gasteiger partial charge >= 0.3 is 5.69 Å². The molecular formula is C15H8ClN5O3S. The van der Waals surface area contributed by atoms with Crippen LogP contribution in [0, 0.1) is 10.1 Å². The lowest BCUT2D eigenvalue weighted by atomic mass is 10.2. The Morgan fingerprint density at radius 3 is 2.60 bits per heavy atom. The monoisotopic (exact) mass is 373 g/mol. The molecule has 0 N–H and O–H groups in total. The number of hydrogen-bond donors (Lipinski definition) is 0. The van der Waals surface area contributed by atoms with Gasteiger partial charge in [0.1, 0.15) is 0 Å². The second-order valence-corrected chi connectivity index (χ2v) is 6.47. The zero-order chi connectivity index (χ0) is 17.6. The van der Waals surface area contributed by atoms with Crippen LogP contribution in [0.3, 0.4) is 0 Å². The predicted octanol–water partition coefficient (Wildman–Crippen LogP) is 3.17. The summed E-state index contributed by atoms with van der Waals surface area (Å²) in [6, 6.07) is 8.42. The summed E-state index contributed by atoms with van der Waals surface area (Å²) in [5.41, 5.74) is 0.500. The Balaban J connectivity index is 1.75. The molecule has 124 valence electrons. The smallest absolute Gasteiger partial charge is 0.291 e. The quantitative estimate of drug-likeness (QED) is 0.406. The van der Waals surface area contributed by atoms with Crippen molar-refractivity contribution < 1.29 is 4.92 Å².